The summed E-state index contributed by atoms with van der Waals surface area (Å²) in [6.45, 7) is 2.56. The van der Waals surface area contributed by atoms with Crippen molar-refractivity contribution in [2.75, 3.05) is 4.90 Å². The van der Waals surface area contributed by atoms with E-state index in [-0.39, 0.29) is 0 Å². The van der Waals surface area contributed by atoms with Crippen molar-refractivity contribution in [1.82, 2.24) is 0 Å². The van der Waals surface area contributed by atoms with Gasteiger partial charge in [0.1, 0.15) is 5.69 Å². The van der Waals surface area contributed by atoms with Gasteiger partial charge in [0.25, 0.3) is 11.5 Å². The van der Waals surface area contributed by atoms with Gasteiger partial charge in [-0.15, -0.1) is 0 Å². The van der Waals surface area contributed by atoms with E-state index in [4.69, 9.17) is 0 Å². The maximum Gasteiger partial charge on any atom is 0.284 e. The van der Waals surface area contributed by atoms with Crippen molar-refractivity contribution in [2.24, 2.45) is 0 Å². The third-order valence-electron chi connectivity index (χ3n) is 4.43. The Hall–Kier alpha value is -2.65. The first kappa shape index (κ1) is 14.0. The fourth-order valence-corrected chi connectivity index (χ4v) is 3.27. The maximum atomic E-state index is 11.6. The number of anilines is 2. The lowest BCUT2D eigenvalue weighted by molar-refractivity contribution is -0.683. The van der Waals surface area contributed by atoms with E-state index in [9.17, 15) is 5.11 Å². The lowest BCUT2D eigenvalue weighted by atomic mass is 10.00. The van der Waals surface area contributed by atoms with Crippen molar-refractivity contribution in [3.8, 4) is 0 Å². The molecule has 3 heteroatoms. The monoisotopic (exact) mass is 303 g/mol. The topological polar surface area (TPSA) is 27.4 Å². The molecule has 1 N–H and O–H groups in total. The van der Waals surface area contributed by atoms with E-state index in [1.807, 2.05) is 83.9 Å². The van der Waals surface area contributed by atoms with Crippen molar-refractivity contribution in [3.63, 3.8) is 0 Å². The van der Waals surface area contributed by atoms with Gasteiger partial charge in [-0.1, -0.05) is 54.1 Å². The fraction of sp³-hybridized carbons (Fsp3) is 0.150. The molecular formula is C20H19N2O+. The Labute approximate surface area is 136 Å². The highest BCUT2D eigenvalue weighted by atomic mass is 16.3. The average Bonchev–Trinajstić information content (AvgIpc) is 2.89. The van der Waals surface area contributed by atoms with Crippen molar-refractivity contribution in [1.29, 1.82) is 0 Å². The first-order valence-corrected chi connectivity index (χ1v) is 7.82. The molecule has 4 rings (SSSR count). The van der Waals surface area contributed by atoms with Crippen LogP contribution < -0.4 is 9.47 Å². The molecular weight excluding hydrogens is 284 g/mol. The van der Waals surface area contributed by atoms with Crippen molar-refractivity contribution in [2.45, 2.75) is 19.2 Å². The molecule has 1 atom stereocenters. The molecule has 1 aliphatic rings. The van der Waals surface area contributed by atoms with Gasteiger partial charge in [0.15, 0.2) is 6.54 Å². The summed E-state index contributed by atoms with van der Waals surface area (Å²) in [5.74, 6) is 0.988. The summed E-state index contributed by atoms with van der Waals surface area (Å²) in [5.41, 5.74) is 1.97. The summed E-state index contributed by atoms with van der Waals surface area (Å²) < 4.78 is 2.09. The zero-order valence-corrected chi connectivity index (χ0v) is 13.1. The molecule has 0 aliphatic carbocycles. The van der Waals surface area contributed by atoms with Crippen LogP contribution in [0.15, 0.2) is 79.0 Å². The predicted octanol–water partition coefficient (Wildman–Crippen LogP) is 3.28. The van der Waals surface area contributed by atoms with Crippen LogP contribution >= 0.6 is 0 Å². The molecule has 0 saturated carbocycles. The maximum absolute atomic E-state index is 11.6. The molecule has 3 nitrogen and oxygen atoms in total. The minimum Gasteiger partial charge on any atom is -0.346 e. The van der Waals surface area contributed by atoms with Crippen LogP contribution in [0.2, 0.25) is 0 Å². The minimum atomic E-state index is -1.09. The van der Waals surface area contributed by atoms with Crippen LogP contribution in [0.3, 0.4) is 0 Å². The minimum absolute atomic E-state index is 0.501. The number of aryl methyl sites for hydroxylation is 1. The molecule has 2 heterocycles. The lowest BCUT2D eigenvalue weighted by Crippen LogP contribution is -2.43. The normalized spacial score (nSPS) is 19.7. The van der Waals surface area contributed by atoms with E-state index in [2.05, 4.69) is 11.5 Å². The second kappa shape index (κ2) is 5.21. The largest absolute Gasteiger partial charge is 0.346 e. The van der Waals surface area contributed by atoms with Gasteiger partial charge in [0, 0.05) is 11.6 Å². The summed E-state index contributed by atoms with van der Waals surface area (Å²) in [7, 11) is 0. The van der Waals surface area contributed by atoms with Gasteiger partial charge in [-0.2, -0.15) is 4.90 Å². The third kappa shape index (κ3) is 2.21. The number of aromatic nitrogens is 1. The Morgan fingerprint density at radius 3 is 2.35 bits per heavy atom. The highest BCUT2D eigenvalue weighted by Crippen LogP contribution is 2.40. The van der Waals surface area contributed by atoms with Gasteiger partial charge in [0.2, 0.25) is 0 Å². The summed E-state index contributed by atoms with van der Waals surface area (Å²) in [4.78, 5) is 2.01. The van der Waals surface area contributed by atoms with Crippen LogP contribution in [-0.2, 0) is 12.3 Å². The number of para-hydroxylation sites is 1. The Morgan fingerprint density at radius 2 is 1.61 bits per heavy atom. The highest BCUT2D eigenvalue weighted by Gasteiger charge is 2.52. The van der Waals surface area contributed by atoms with Crippen LogP contribution in [0, 0.1) is 6.92 Å². The summed E-state index contributed by atoms with van der Waals surface area (Å²) in [5, 5.41) is 11.6. The number of rotatable bonds is 2. The third-order valence-corrected chi connectivity index (χ3v) is 4.43. The van der Waals surface area contributed by atoms with Gasteiger partial charge >= 0.3 is 0 Å². The Kier molecular flexibility index (Phi) is 3.17. The first-order chi connectivity index (χ1) is 11.2. The second-order valence-electron chi connectivity index (χ2n) is 6.04. The van der Waals surface area contributed by atoms with Crippen molar-refractivity contribution >= 4 is 11.5 Å². The van der Waals surface area contributed by atoms with Gasteiger partial charge < -0.3 is 5.11 Å². The van der Waals surface area contributed by atoms with E-state index in [0.29, 0.717) is 6.54 Å². The Morgan fingerprint density at radius 1 is 0.913 bits per heavy atom. The zero-order valence-electron chi connectivity index (χ0n) is 13.1. The van der Waals surface area contributed by atoms with Crippen LogP contribution in [-0.4, -0.2) is 5.11 Å². The molecule has 0 amide bonds. The van der Waals surface area contributed by atoms with E-state index in [0.717, 1.165) is 17.1 Å². The molecule has 114 valence electrons. The van der Waals surface area contributed by atoms with Crippen molar-refractivity contribution in [3.05, 3.63) is 90.1 Å². The van der Waals surface area contributed by atoms with Crippen LogP contribution in [0.25, 0.3) is 0 Å². The molecule has 2 aromatic carbocycles. The number of hydrogen-bond acceptors (Lipinski definition) is 2. The molecule has 0 saturated heterocycles. The fourth-order valence-electron chi connectivity index (χ4n) is 3.27. The number of pyridine rings is 1. The average molecular weight is 303 g/mol. The number of nitrogens with zero attached hydrogens (tertiary/aromatic N) is 2. The Bertz CT molecular complexity index is 830. The smallest absolute Gasteiger partial charge is 0.284 e. The quantitative estimate of drug-likeness (QED) is 0.736. The summed E-state index contributed by atoms with van der Waals surface area (Å²) in [6.07, 6.45) is 2.01. The van der Waals surface area contributed by atoms with Crippen LogP contribution in [0.4, 0.5) is 11.5 Å². The van der Waals surface area contributed by atoms with Gasteiger partial charge in [-0.3, -0.25) is 0 Å². The van der Waals surface area contributed by atoms with Crippen LogP contribution in [0.5, 0.6) is 0 Å². The number of benzene rings is 2. The molecule has 1 aliphatic heterocycles. The first-order valence-electron chi connectivity index (χ1n) is 7.82. The SMILES string of the molecule is Cc1ccc([C@]2(O)C[n+]3ccccc3N2c2ccccc2)cc1. The molecule has 0 spiro atoms. The molecule has 0 bridgehead atoms. The molecule has 23 heavy (non-hydrogen) atoms. The standard InChI is InChI=1S/C20H19N2O/c1-16-10-12-17(13-11-16)20(23)15-21-14-6-5-9-19(21)22(20)18-7-3-2-4-8-18/h2-14,23H,15H2,1H3/q+1/t20-/m1/s1. The number of fused-ring (bicyclic) bond motifs is 1. The van der Waals surface area contributed by atoms with Gasteiger partial charge in [-0.25, -0.2) is 4.57 Å². The molecule has 0 radical (unpaired) electrons. The summed E-state index contributed by atoms with van der Waals surface area (Å²) in [6, 6.07) is 24.2. The van der Waals surface area contributed by atoms with Crippen LogP contribution in [0.1, 0.15) is 11.1 Å². The van der Waals surface area contributed by atoms with E-state index in [1.54, 1.807) is 0 Å². The molecule has 0 fully saturated rings. The molecule has 0 unspecified atom stereocenters. The second-order valence-corrected chi connectivity index (χ2v) is 6.04. The highest BCUT2D eigenvalue weighted by molar-refractivity contribution is 5.62. The number of aliphatic hydroxyl groups is 1. The van der Waals surface area contributed by atoms with E-state index >= 15 is 0 Å². The predicted molar refractivity (Wildman–Crippen MR) is 90.3 cm³/mol. The van der Waals surface area contributed by atoms with E-state index in [1.165, 1.54) is 5.56 Å². The Balaban J connectivity index is 1.91. The number of hydrogen-bond donors (Lipinski definition) is 1. The lowest BCUT2D eigenvalue weighted by Gasteiger charge is -2.27. The van der Waals surface area contributed by atoms with Gasteiger partial charge in [0.05, 0.1) is 6.20 Å². The van der Waals surface area contributed by atoms with Gasteiger partial charge in [-0.05, 0) is 25.1 Å². The van der Waals surface area contributed by atoms with E-state index < -0.39 is 5.72 Å². The summed E-state index contributed by atoms with van der Waals surface area (Å²) >= 11 is 0. The molecule has 1 aromatic heterocycles. The molecule has 3 aromatic rings. The van der Waals surface area contributed by atoms with Crippen molar-refractivity contribution < 1.29 is 9.67 Å². The zero-order chi connectivity index (χ0) is 15.9.